The molecule has 0 bridgehead atoms. The summed E-state index contributed by atoms with van der Waals surface area (Å²) in [5, 5.41) is 11.1. The second-order valence-electron chi connectivity index (χ2n) is 7.58. The molecule has 1 N–H and O–H groups in total. The second-order valence-corrected chi connectivity index (χ2v) is 8.46. The Labute approximate surface area is 180 Å². The average molecular weight is 429 g/mol. The Morgan fingerprint density at radius 3 is 2.48 bits per heavy atom. The van der Waals surface area contributed by atoms with Crippen molar-refractivity contribution < 1.29 is 9.90 Å². The first kappa shape index (κ1) is 20.0. The van der Waals surface area contributed by atoms with E-state index in [4.69, 9.17) is 23.2 Å². The molecule has 0 unspecified atom stereocenters. The first-order chi connectivity index (χ1) is 14.0. The highest BCUT2D eigenvalue weighted by Crippen LogP contribution is 2.39. The van der Waals surface area contributed by atoms with Gasteiger partial charge in [-0.25, -0.2) is 9.78 Å². The number of hydrogen-bond donors (Lipinski definition) is 1. The van der Waals surface area contributed by atoms with E-state index in [0.29, 0.717) is 15.7 Å². The van der Waals surface area contributed by atoms with Gasteiger partial charge in [0.1, 0.15) is 5.82 Å². The zero-order valence-corrected chi connectivity index (χ0v) is 17.7. The van der Waals surface area contributed by atoms with Crippen molar-refractivity contribution in [2.75, 3.05) is 0 Å². The zero-order chi connectivity index (χ0) is 20.5. The number of aryl methyl sites for hydroxylation is 1. The molecule has 4 nitrogen and oxygen atoms in total. The van der Waals surface area contributed by atoms with Gasteiger partial charge in [0.05, 0.1) is 11.4 Å². The van der Waals surface area contributed by atoms with E-state index in [9.17, 15) is 9.90 Å². The van der Waals surface area contributed by atoms with Crippen LogP contribution in [0, 0.1) is 6.92 Å². The molecule has 0 radical (unpaired) electrons. The molecule has 150 valence electrons. The lowest BCUT2D eigenvalue weighted by molar-refractivity contribution is 0.0691. The van der Waals surface area contributed by atoms with E-state index < -0.39 is 5.97 Å². The maximum absolute atomic E-state index is 12.2. The molecule has 29 heavy (non-hydrogen) atoms. The van der Waals surface area contributed by atoms with Gasteiger partial charge in [-0.1, -0.05) is 60.7 Å². The van der Waals surface area contributed by atoms with Gasteiger partial charge < -0.3 is 5.11 Å². The molecule has 1 fully saturated rings. The van der Waals surface area contributed by atoms with Crippen LogP contribution in [0.2, 0.25) is 10.0 Å². The van der Waals surface area contributed by atoms with Gasteiger partial charge in [0, 0.05) is 21.5 Å². The van der Waals surface area contributed by atoms with Crippen LogP contribution in [0.4, 0.5) is 0 Å². The first-order valence-corrected chi connectivity index (χ1v) is 10.6. The number of nitrogens with zero attached hydrogens (tertiary/aromatic N) is 2. The van der Waals surface area contributed by atoms with Crippen molar-refractivity contribution in [2.45, 2.75) is 44.9 Å². The summed E-state index contributed by atoms with van der Waals surface area (Å²) < 4.78 is 1.99. The van der Waals surface area contributed by atoms with E-state index in [1.165, 1.54) is 6.42 Å². The summed E-state index contributed by atoms with van der Waals surface area (Å²) in [6.07, 6.45) is 5.47. The number of aromatic nitrogens is 2. The van der Waals surface area contributed by atoms with Crippen LogP contribution < -0.4 is 0 Å². The lowest BCUT2D eigenvalue weighted by Gasteiger charge is -2.24. The third-order valence-corrected chi connectivity index (χ3v) is 6.06. The number of imidazole rings is 1. The summed E-state index contributed by atoms with van der Waals surface area (Å²) in [5.41, 5.74) is 3.18. The van der Waals surface area contributed by atoms with E-state index in [2.05, 4.69) is 4.98 Å². The predicted molar refractivity (Wildman–Crippen MR) is 117 cm³/mol. The molecule has 0 saturated heterocycles. The maximum Gasteiger partial charge on any atom is 0.356 e. The third kappa shape index (κ3) is 3.92. The lowest BCUT2D eigenvalue weighted by Crippen LogP contribution is -2.12. The Balaban J connectivity index is 2.05. The van der Waals surface area contributed by atoms with Crippen LogP contribution in [0.25, 0.3) is 16.9 Å². The first-order valence-electron chi connectivity index (χ1n) is 9.84. The minimum atomic E-state index is -1.05. The van der Waals surface area contributed by atoms with E-state index in [1.807, 2.05) is 41.8 Å². The highest BCUT2D eigenvalue weighted by molar-refractivity contribution is 6.31. The number of hydrogen-bond acceptors (Lipinski definition) is 2. The fourth-order valence-corrected chi connectivity index (χ4v) is 4.55. The Kier molecular flexibility index (Phi) is 5.66. The molecule has 1 aromatic heterocycles. The summed E-state index contributed by atoms with van der Waals surface area (Å²) >= 11 is 12.6. The number of carbonyl (C=O) groups is 1. The van der Waals surface area contributed by atoms with Gasteiger partial charge in [0.15, 0.2) is 5.69 Å². The fraction of sp³-hybridized carbons (Fsp3) is 0.304. The number of rotatable bonds is 4. The molecular formula is C23H22Cl2N2O2. The van der Waals surface area contributed by atoms with Crippen LogP contribution in [-0.4, -0.2) is 20.6 Å². The average Bonchev–Trinajstić information content (AvgIpc) is 3.11. The number of carboxylic acids is 1. The number of aromatic carboxylic acids is 1. The van der Waals surface area contributed by atoms with Gasteiger partial charge >= 0.3 is 5.97 Å². The molecule has 1 saturated carbocycles. The molecule has 2 aromatic carbocycles. The topological polar surface area (TPSA) is 55.1 Å². The van der Waals surface area contributed by atoms with Crippen LogP contribution in [0.3, 0.4) is 0 Å². The smallest absolute Gasteiger partial charge is 0.356 e. The van der Waals surface area contributed by atoms with Crippen molar-refractivity contribution in [1.82, 2.24) is 9.55 Å². The van der Waals surface area contributed by atoms with Gasteiger partial charge in [-0.2, -0.15) is 0 Å². The molecule has 0 atom stereocenters. The van der Waals surface area contributed by atoms with Gasteiger partial charge in [-0.05, 0) is 49.6 Å². The normalized spacial score (nSPS) is 14.9. The molecule has 1 aliphatic rings. The standard InChI is InChI=1S/C23H22Cl2N2O2/c1-14-10-11-18(25)13-19(14)27-21(16-8-5-9-17(24)12-16)20(23(28)29)26-22(27)15-6-3-2-4-7-15/h5,8-13,15H,2-4,6-7H2,1H3,(H,28,29). The Morgan fingerprint density at radius 1 is 1.07 bits per heavy atom. The minimum Gasteiger partial charge on any atom is -0.476 e. The van der Waals surface area contributed by atoms with Crippen LogP contribution >= 0.6 is 23.2 Å². The molecule has 0 spiro atoms. The molecule has 0 aliphatic heterocycles. The zero-order valence-electron chi connectivity index (χ0n) is 16.2. The fourth-order valence-electron chi connectivity index (χ4n) is 4.19. The van der Waals surface area contributed by atoms with Gasteiger partial charge in [0.2, 0.25) is 0 Å². The largest absolute Gasteiger partial charge is 0.476 e. The quantitative estimate of drug-likeness (QED) is 0.491. The van der Waals surface area contributed by atoms with Crippen LogP contribution in [0.15, 0.2) is 42.5 Å². The SMILES string of the molecule is Cc1ccc(Cl)cc1-n1c(C2CCCCC2)nc(C(=O)O)c1-c1cccc(Cl)c1. The van der Waals surface area contributed by atoms with Crippen LogP contribution in [0.1, 0.15) is 59.9 Å². The summed E-state index contributed by atoms with van der Waals surface area (Å²) in [7, 11) is 0. The van der Waals surface area contributed by atoms with Crippen molar-refractivity contribution in [3.8, 4) is 16.9 Å². The summed E-state index contributed by atoms with van der Waals surface area (Å²) in [5.74, 6) is -0.0360. The Bertz CT molecular complexity index is 1070. The number of carboxylic acid groups (broad SMARTS) is 1. The van der Waals surface area contributed by atoms with E-state index >= 15 is 0 Å². The second kappa shape index (κ2) is 8.21. The predicted octanol–water partition coefficient (Wildman–Crippen LogP) is 6.90. The summed E-state index contributed by atoms with van der Waals surface area (Å²) in [6, 6.07) is 12.9. The van der Waals surface area contributed by atoms with Gasteiger partial charge in [-0.15, -0.1) is 0 Å². The lowest BCUT2D eigenvalue weighted by atomic mass is 9.88. The van der Waals surface area contributed by atoms with Gasteiger partial charge in [0.25, 0.3) is 0 Å². The van der Waals surface area contributed by atoms with E-state index in [0.717, 1.165) is 48.3 Å². The molecule has 3 aromatic rings. The Hall–Kier alpha value is -2.30. The van der Waals surface area contributed by atoms with Crippen LogP contribution in [-0.2, 0) is 0 Å². The van der Waals surface area contributed by atoms with Crippen LogP contribution in [0.5, 0.6) is 0 Å². The number of benzene rings is 2. The van der Waals surface area contributed by atoms with Crippen molar-refractivity contribution >= 4 is 29.2 Å². The molecule has 4 rings (SSSR count). The molecule has 0 amide bonds. The minimum absolute atomic E-state index is 0.0483. The Morgan fingerprint density at radius 2 is 1.79 bits per heavy atom. The molecule has 6 heteroatoms. The molecule has 1 aliphatic carbocycles. The van der Waals surface area contributed by atoms with E-state index in [1.54, 1.807) is 12.1 Å². The van der Waals surface area contributed by atoms with Crippen molar-refractivity contribution in [3.63, 3.8) is 0 Å². The third-order valence-electron chi connectivity index (χ3n) is 5.59. The van der Waals surface area contributed by atoms with Crippen molar-refractivity contribution in [2.24, 2.45) is 0 Å². The summed E-state index contributed by atoms with van der Waals surface area (Å²) in [4.78, 5) is 16.8. The summed E-state index contributed by atoms with van der Waals surface area (Å²) in [6.45, 7) is 2.00. The van der Waals surface area contributed by atoms with E-state index in [-0.39, 0.29) is 11.6 Å². The highest BCUT2D eigenvalue weighted by atomic mass is 35.5. The van der Waals surface area contributed by atoms with Crippen molar-refractivity contribution in [1.29, 1.82) is 0 Å². The number of halogens is 2. The van der Waals surface area contributed by atoms with Gasteiger partial charge in [-0.3, -0.25) is 4.57 Å². The molecular weight excluding hydrogens is 407 g/mol. The monoisotopic (exact) mass is 428 g/mol. The van der Waals surface area contributed by atoms with Crippen molar-refractivity contribution in [3.05, 3.63) is 69.6 Å². The maximum atomic E-state index is 12.2. The highest BCUT2D eigenvalue weighted by Gasteiger charge is 2.30. The molecule has 1 heterocycles.